The van der Waals surface area contributed by atoms with Crippen LogP contribution in [0.3, 0.4) is 0 Å². The highest BCUT2D eigenvalue weighted by atomic mass is 16.3. The molecule has 170 valence electrons. The Morgan fingerprint density at radius 2 is 1.09 bits per heavy atom. The van der Waals surface area contributed by atoms with Gasteiger partial charge in [-0.2, -0.15) is 0 Å². The second-order valence-electron chi connectivity index (χ2n) is 8.17. The maximum atomic E-state index is 11.1. The predicted octanol–water partition coefficient (Wildman–Crippen LogP) is 6.28. The lowest BCUT2D eigenvalue weighted by Crippen LogP contribution is -2.22. The summed E-state index contributed by atoms with van der Waals surface area (Å²) in [5.41, 5.74) is 5.79. The molecular formula is C28H36N2O2. The van der Waals surface area contributed by atoms with E-state index in [0.717, 1.165) is 54.1 Å². The van der Waals surface area contributed by atoms with Gasteiger partial charge >= 0.3 is 0 Å². The van der Waals surface area contributed by atoms with Crippen molar-refractivity contribution in [1.82, 2.24) is 0 Å². The van der Waals surface area contributed by atoms with E-state index in [1.807, 2.05) is 31.2 Å². The van der Waals surface area contributed by atoms with Gasteiger partial charge in [-0.05, 0) is 70.0 Å². The maximum absolute atomic E-state index is 11.1. The van der Waals surface area contributed by atoms with Crippen LogP contribution in [0.5, 0.6) is 11.5 Å². The lowest BCUT2D eigenvalue weighted by molar-refractivity contribution is 0.458. The van der Waals surface area contributed by atoms with E-state index in [9.17, 15) is 10.2 Å². The normalized spacial score (nSPS) is 11.9. The van der Waals surface area contributed by atoms with Crippen molar-refractivity contribution in [2.24, 2.45) is 0 Å². The molecule has 32 heavy (non-hydrogen) atoms. The molecular weight excluding hydrogens is 396 g/mol. The van der Waals surface area contributed by atoms with Crippen molar-refractivity contribution in [3.05, 3.63) is 82.9 Å². The van der Waals surface area contributed by atoms with Crippen molar-refractivity contribution >= 4 is 11.4 Å². The van der Waals surface area contributed by atoms with E-state index in [1.165, 1.54) is 5.69 Å². The van der Waals surface area contributed by atoms with Gasteiger partial charge in [0.25, 0.3) is 0 Å². The summed E-state index contributed by atoms with van der Waals surface area (Å²) in [5.74, 6) is 0.217. The zero-order chi connectivity index (χ0) is 23.3. The molecule has 0 saturated heterocycles. The molecule has 0 fully saturated rings. The third-order valence-corrected chi connectivity index (χ3v) is 6.31. The molecule has 0 heterocycles. The lowest BCUT2D eigenvalue weighted by atomic mass is 9.83. The Kier molecular flexibility index (Phi) is 7.68. The highest BCUT2D eigenvalue weighted by molar-refractivity contribution is 5.60. The third-order valence-electron chi connectivity index (χ3n) is 6.31. The standard InChI is InChI=1S/C28H36N2O2/c1-6-29(7-2)22-13-11-21(12-14-22)28(24-16-10-20(5)18-26(24)31)25-17-15-23(19-27(25)32)30(8-3)9-4/h10-19,28,31-32H,6-9H2,1-5H3. The Balaban J connectivity index is 2.12. The molecule has 4 heteroatoms. The van der Waals surface area contributed by atoms with E-state index in [0.29, 0.717) is 0 Å². The van der Waals surface area contributed by atoms with Gasteiger partial charge in [0.15, 0.2) is 0 Å². The first-order valence-electron chi connectivity index (χ1n) is 11.7. The van der Waals surface area contributed by atoms with Crippen molar-refractivity contribution in [2.75, 3.05) is 36.0 Å². The molecule has 0 bridgehead atoms. The number of aryl methyl sites for hydroxylation is 1. The van der Waals surface area contributed by atoms with Crippen molar-refractivity contribution in [3.63, 3.8) is 0 Å². The van der Waals surface area contributed by atoms with E-state index in [4.69, 9.17) is 0 Å². The van der Waals surface area contributed by atoms with Gasteiger partial charge in [0.05, 0.1) is 0 Å². The number of hydrogen-bond donors (Lipinski definition) is 2. The van der Waals surface area contributed by atoms with Gasteiger partial charge in [0.2, 0.25) is 0 Å². The van der Waals surface area contributed by atoms with Crippen LogP contribution >= 0.6 is 0 Å². The Morgan fingerprint density at radius 3 is 1.59 bits per heavy atom. The summed E-state index contributed by atoms with van der Waals surface area (Å²) in [5, 5.41) is 21.9. The average Bonchev–Trinajstić information content (AvgIpc) is 2.79. The van der Waals surface area contributed by atoms with Crippen LogP contribution in [0.4, 0.5) is 11.4 Å². The molecule has 0 aliphatic rings. The lowest BCUT2D eigenvalue weighted by Gasteiger charge is -2.26. The van der Waals surface area contributed by atoms with Crippen molar-refractivity contribution < 1.29 is 10.2 Å². The summed E-state index contributed by atoms with van der Waals surface area (Å²) >= 11 is 0. The largest absolute Gasteiger partial charge is 0.508 e. The second kappa shape index (κ2) is 10.4. The van der Waals surface area contributed by atoms with Crippen LogP contribution in [0.2, 0.25) is 0 Å². The van der Waals surface area contributed by atoms with Crippen molar-refractivity contribution in [2.45, 2.75) is 40.5 Å². The zero-order valence-corrected chi connectivity index (χ0v) is 20.0. The number of phenols is 2. The smallest absolute Gasteiger partial charge is 0.121 e. The minimum absolute atomic E-state index is 0.243. The molecule has 3 rings (SSSR count). The fourth-order valence-corrected chi connectivity index (χ4v) is 4.45. The number of hydrogen-bond acceptors (Lipinski definition) is 4. The molecule has 3 aromatic rings. The van der Waals surface area contributed by atoms with Crippen molar-refractivity contribution in [3.8, 4) is 11.5 Å². The number of rotatable bonds is 9. The Hall–Kier alpha value is -3.14. The fraction of sp³-hybridized carbons (Fsp3) is 0.357. The number of phenolic OH excluding ortho intramolecular Hbond substituents is 2. The van der Waals surface area contributed by atoms with Gasteiger partial charge in [-0.3, -0.25) is 0 Å². The Morgan fingerprint density at radius 1 is 0.625 bits per heavy atom. The number of anilines is 2. The van der Waals surface area contributed by atoms with Crippen LogP contribution in [-0.4, -0.2) is 36.4 Å². The van der Waals surface area contributed by atoms with Crippen LogP contribution in [0.15, 0.2) is 60.7 Å². The Bertz CT molecular complexity index is 1020. The first-order chi connectivity index (χ1) is 15.4. The van der Waals surface area contributed by atoms with E-state index in [-0.39, 0.29) is 17.4 Å². The average molecular weight is 433 g/mol. The molecule has 0 spiro atoms. The van der Waals surface area contributed by atoms with Gasteiger partial charge in [0, 0.05) is 60.7 Å². The van der Waals surface area contributed by atoms with Crippen LogP contribution < -0.4 is 9.80 Å². The minimum Gasteiger partial charge on any atom is -0.508 e. The highest BCUT2D eigenvalue weighted by Gasteiger charge is 2.24. The highest BCUT2D eigenvalue weighted by Crippen LogP contribution is 2.42. The molecule has 1 atom stereocenters. The Labute approximate surface area is 192 Å². The molecule has 0 saturated carbocycles. The topological polar surface area (TPSA) is 46.9 Å². The van der Waals surface area contributed by atoms with E-state index in [2.05, 4.69) is 67.8 Å². The molecule has 0 amide bonds. The molecule has 0 aromatic heterocycles. The quantitative estimate of drug-likeness (QED) is 0.391. The molecule has 0 radical (unpaired) electrons. The second-order valence-corrected chi connectivity index (χ2v) is 8.17. The third kappa shape index (κ3) is 4.85. The minimum atomic E-state index is -0.271. The molecule has 2 N–H and O–H groups in total. The summed E-state index contributed by atoms with van der Waals surface area (Å²) in [6.45, 7) is 14.2. The van der Waals surface area contributed by atoms with Crippen LogP contribution in [0.25, 0.3) is 0 Å². The van der Waals surface area contributed by atoms with E-state index in [1.54, 1.807) is 6.07 Å². The SMILES string of the molecule is CCN(CC)c1ccc(C(c2ccc(C)cc2O)c2ccc(N(CC)CC)cc2O)cc1. The first-order valence-corrected chi connectivity index (χ1v) is 11.7. The zero-order valence-electron chi connectivity index (χ0n) is 20.0. The number of aromatic hydroxyl groups is 2. The van der Waals surface area contributed by atoms with Crippen LogP contribution in [-0.2, 0) is 0 Å². The van der Waals surface area contributed by atoms with Gasteiger partial charge in [-0.25, -0.2) is 0 Å². The molecule has 4 nitrogen and oxygen atoms in total. The van der Waals surface area contributed by atoms with Gasteiger partial charge in [0.1, 0.15) is 11.5 Å². The summed E-state index contributed by atoms with van der Waals surface area (Å²) in [6.07, 6.45) is 0. The summed E-state index contributed by atoms with van der Waals surface area (Å²) in [7, 11) is 0. The van der Waals surface area contributed by atoms with Crippen LogP contribution in [0, 0.1) is 6.92 Å². The summed E-state index contributed by atoms with van der Waals surface area (Å²) in [6, 6.07) is 20.1. The maximum Gasteiger partial charge on any atom is 0.121 e. The molecule has 3 aromatic carbocycles. The number of benzene rings is 3. The van der Waals surface area contributed by atoms with E-state index < -0.39 is 0 Å². The summed E-state index contributed by atoms with van der Waals surface area (Å²) < 4.78 is 0. The van der Waals surface area contributed by atoms with Gasteiger partial charge < -0.3 is 20.0 Å². The molecule has 0 aliphatic heterocycles. The molecule has 0 aliphatic carbocycles. The fourth-order valence-electron chi connectivity index (χ4n) is 4.45. The monoisotopic (exact) mass is 432 g/mol. The molecule has 1 unspecified atom stereocenters. The van der Waals surface area contributed by atoms with Gasteiger partial charge in [-0.15, -0.1) is 0 Å². The predicted molar refractivity (Wildman–Crippen MR) is 135 cm³/mol. The van der Waals surface area contributed by atoms with Crippen molar-refractivity contribution in [1.29, 1.82) is 0 Å². The van der Waals surface area contributed by atoms with Gasteiger partial charge in [-0.1, -0.05) is 30.3 Å². The van der Waals surface area contributed by atoms with Crippen LogP contribution in [0.1, 0.15) is 55.9 Å². The number of nitrogens with zero attached hydrogens (tertiary/aromatic N) is 2. The van der Waals surface area contributed by atoms with E-state index >= 15 is 0 Å². The summed E-state index contributed by atoms with van der Waals surface area (Å²) in [4.78, 5) is 4.51. The first kappa shape index (κ1) is 23.5.